The lowest BCUT2D eigenvalue weighted by molar-refractivity contribution is 1.43. The Kier molecular flexibility index (Phi) is 1.86. The minimum atomic E-state index is 0.761. The van der Waals surface area contributed by atoms with Crippen LogP contribution in [-0.2, 0) is 0 Å². The number of halogens is 1. The van der Waals surface area contributed by atoms with E-state index in [-0.39, 0.29) is 0 Å². The minimum Gasteiger partial charge on any atom is -0.256 e. The summed E-state index contributed by atoms with van der Waals surface area (Å²) in [6, 6.07) is 14.0. The summed E-state index contributed by atoms with van der Waals surface area (Å²) in [7, 11) is 0. The van der Waals surface area contributed by atoms with Gasteiger partial charge in [-0.25, -0.2) is 0 Å². The first-order valence-corrected chi connectivity index (χ1v) is 5.16. The van der Waals surface area contributed by atoms with Gasteiger partial charge in [0.15, 0.2) is 0 Å². The topological polar surface area (TPSA) is 12.9 Å². The highest BCUT2D eigenvalue weighted by atomic mass is 35.5. The SMILES string of the molecule is Clc1cc2ccccc2c2ncccc12. The molecule has 2 aromatic carbocycles. The fourth-order valence-electron chi connectivity index (χ4n) is 1.87. The van der Waals surface area contributed by atoms with Crippen molar-refractivity contribution in [3.63, 3.8) is 0 Å². The van der Waals surface area contributed by atoms with E-state index in [2.05, 4.69) is 17.1 Å². The van der Waals surface area contributed by atoms with E-state index in [9.17, 15) is 0 Å². The van der Waals surface area contributed by atoms with Crippen molar-refractivity contribution in [1.29, 1.82) is 0 Å². The molecule has 0 radical (unpaired) electrons. The van der Waals surface area contributed by atoms with E-state index < -0.39 is 0 Å². The van der Waals surface area contributed by atoms with E-state index in [4.69, 9.17) is 11.6 Å². The van der Waals surface area contributed by atoms with Gasteiger partial charge in [-0.15, -0.1) is 0 Å². The Hall–Kier alpha value is -1.60. The second kappa shape index (κ2) is 3.21. The zero-order chi connectivity index (χ0) is 10.3. The van der Waals surface area contributed by atoms with Gasteiger partial charge in [0.25, 0.3) is 0 Å². The van der Waals surface area contributed by atoms with Gasteiger partial charge in [-0.2, -0.15) is 0 Å². The molecule has 1 aromatic heterocycles. The summed E-state index contributed by atoms with van der Waals surface area (Å²) in [5, 5.41) is 4.06. The molecule has 3 rings (SSSR count). The van der Waals surface area contributed by atoms with Crippen molar-refractivity contribution >= 4 is 33.3 Å². The van der Waals surface area contributed by atoms with E-state index >= 15 is 0 Å². The van der Waals surface area contributed by atoms with Gasteiger partial charge in [0.05, 0.1) is 10.5 Å². The van der Waals surface area contributed by atoms with E-state index in [0.717, 1.165) is 26.7 Å². The molecule has 0 spiro atoms. The number of aromatic nitrogens is 1. The number of pyridine rings is 1. The average Bonchev–Trinajstić information content (AvgIpc) is 2.30. The fourth-order valence-corrected chi connectivity index (χ4v) is 2.14. The molecule has 2 heteroatoms. The van der Waals surface area contributed by atoms with Crippen LogP contribution in [0.3, 0.4) is 0 Å². The second-order valence-corrected chi connectivity index (χ2v) is 3.89. The third-order valence-corrected chi connectivity index (χ3v) is 2.88. The number of nitrogens with zero attached hydrogens (tertiary/aromatic N) is 1. The first-order valence-electron chi connectivity index (χ1n) is 4.78. The van der Waals surface area contributed by atoms with E-state index in [1.165, 1.54) is 0 Å². The van der Waals surface area contributed by atoms with Crippen LogP contribution in [0.5, 0.6) is 0 Å². The minimum absolute atomic E-state index is 0.761. The average molecular weight is 214 g/mol. The Morgan fingerprint density at radius 2 is 1.73 bits per heavy atom. The van der Waals surface area contributed by atoms with Crippen molar-refractivity contribution < 1.29 is 0 Å². The number of fused-ring (bicyclic) bond motifs is 3. The molecular weight excluding hydrogens is 206 g/mol. The van der Waals surface area contributed by atoms with Crippen LogP contribution in [0.15, 0.2) is 48.7 Å². The van der Waals surface area contributed by atoms with Gasteiger partial charge in [0.1, 0.15) is 0 Å². The van der Waals surface area contributed by atoms with Crippen LogP contribution in [0.1, 0.15) is 0 Å². The van der Waals surface area contributed by atoms with Crippen molar-refractivity contribution in [2.45, 2.75) is 0 Å². The maximum absolute atomic E-state index is 6.20. The Bertz CT molecular complexity index is 646. The van der Waals surface area contributed by atoms with Gasteiger partial charge in [0.2, 0.25) is 0 Å². The highest BCUT2D eigenvalue weighted by Crippen LogP contribution is 2.29. The summed E-state index contributed by atoms with van der Waals surface area (Å²) < 4.78 is 0. The molecule has 0 fully saturated rings. The van der Waals surface area contributed by atoms with Crippen molar-refractivity contribution in [2.24, 2.45) is 0 Å². The zero-order valence-corrected chi connectivity index (χ0v) is 8.70. The number of rotatable bonds is 0. The lowest BCUT2D eigenvalue weighted by atomic mass is 10.1. The first-order chi connectivity index (χ1) is 7.36. The molecule has 0 amide bonds. The van der Waals surface area contributed by atoms with Crippen molar-refractivity contribution in [3.8, 4) is 0 Å². The molecule has 0 unspecified atom stereocenters. The number of hydrogen-bond donors (Lipinski definition) is 0. The van der Waals surface area contributed by atoms with Gasteiger partial charge in [0, 0.05) is 17.0 Å². The van der Waals surface area contributed by atoms with Crippen LogP contribution in [0.2, 0.25) is 5.02 Å². The number of benzene rings is 2. The molecule has 0 aliphatic heterocycles. The van der Waals surface area contributed by atoms with Gasteiger partial charge < -0.3 is 0 Å². The quantitative estimate of drug-likeness (QED) is 0.514. The highest BCUT2D eigenvalue weighted by Gasteiger charge is 2.04. The van der Waals surface area contributed by atoms with Crippen LogP contribution < -0.4 is 0 Å². The molecule has 3 aromatic rings. The molecule has 72 valence electrons. The molecule has 0 saturated carbocycles. The van der Waals surface area contributed by atoms with E-state index in [1.807, 2.05) is 30.3 Å². The largest absolute Gasteiger partial charge is 0.256 e. The van der Waals surface area contributed by atoms with Crippen LogP contribution >= 0.6 is 11.6 Å². The van der Waals surface area contributed by atoms with Gasteiger partial charge in [-0.3, -0.25) is 4.98 Å². The summed E-state index contributed by atoms with van der Waals surface area (Å²) in [5.41, 5.74) is 0.973. The molecular formula is C13H8ClN. The van der Waals surface area contributed by atoms with E-state index in [0.29, 0.717) is 0 Å². The summed E-state index contributed by atoms with van der Waals surface area (Å²) in [5.74, 6) is 0. The maximum atomic E-state index is 6.20. The van der Waals surface area contributed by atoms with Gasteiger partial charge in [-0.1, -0.05) is 35.9 Å². The monoisotopic (exact) mass is 213 g/mol. The lowest BCUT2D eigenvalue weighted by Crippen LogP contribution is -1.81. The normalized spacial score (nSPS) is 11.0. The van der Waals surface area contributed by atoms with Crippen LogP contribution in [-0.4, -0.2) is 4.98 Å². The van der Waals surface area contributed by atoms with Gasteiger partial charge in [-0.05, 0) is 23.6 Å². The summed E-state index contributed by atoms with van der Waals surface area (Å²) in [6.45, 7) is 0. The summed E-state index contributed by atoms with van der Waals surface area (Å²) >= 11 is 6.20. The van der Waals surface area contributed by atoms with Crippen LogP contribution in [0.4, 0.5) is 0 Å². The molecule has 0 aliphatic rings. The Labute approximate surface area is 92.3 Å². The molecule has 1 nitrogen and oxygen atoms in total. The summed E-state index contributed by atoms with van der Waals surface area (Å²) in [4.78, 5) is 4.39. The predicted octanol–water partition coefficient (Wildman–Crippen LogP) is 4.04. The molecule has 15 heavy (non-hydrogen) atoms. The molecule has 0 N–H and O–H groups in total. The van der Waals surface area contributed by atoms with Crippen molar-refractivity contribution in [3.05, 3.63) is 53.7 Å². The molecule has 0 aliphatic carbocycles. The van der Waals surface area contributed by atoms with Gasteiger partial charge >= 0.3 is 0 Å². The zero-order valence-electron chi connectivity index (χ0n) is 7.94. The lowest BCUT2D eigenvalue weighted by Gasteiger charge is -2.04. The maximum Gasteiger partial charge on any atom is 0.0795 e. The molecule has 0 atom stereocenters. The number of hydrogen-bond acceptors (Lipinski definition) is 1. The third-order valence-electron chi connectivity index (χ3n) is 2.56. The highest BCUT2D eigenvalue weighted by molar-refractivity contribution is 6.37. The first kappa shape index (κ1) is 8.69. The standard InChI is InChI=1S/C13H8ClN/c14-12-8-9-4-1-2-5-10(9)13-11(12)6-3-7-15-13/h1-8H. The Balaban J connectivity index is 2.64. The molecule has 0 bridgehead atoms. The Morgan fingerprint density at radius 3 is 2.67 bits per heavy atom. The van der Waals surface area contributed by atoms with Crippen molar-refractivity contribution in [1.82, 2.24) is 4.98 Å². The summed E-state index contributed by atoms with van der Waals surface area (Å²) in [6.07, 6.45) is 1.80. The smallest absolute Gasteiger partial charge is 0.0795 e. The van der Waals surface area contributed by atoms with Crippen molar-refractivity contribution in [2.75, 3.05) is 0 Å². The Morgan fingerprint density at radius 1 is 0.933 bits per heavy atom. The molecule has 0 saturated heterocycles. The third kappa shape index (κ3) is 1.28. The second-order valence-electron chi connectivity index (χ2n) is 3.48. The van der Waals surface area contributed by atoms with E-state index in [1.54, 1.807) is 6.20 Å². The van der Waals surface area contributed by atoms with Crippen LogP contribution in [0.25, 0.3) is 21.7 Å². The fraction of sp³-hybridized carbons (Fsp3) is 0. The predicted molar refractivity (Wildman–Crippen MR) is 64.3 cm³/mol. The van der Waals surface area contributed by atoms with Crippen LogP contribution in [0, 0.1) is 0 Å². The molecule has 1 heterocycles.